The smallest absolute Gasteiger partial charge is 0.0245 e. The van der Waals surface area contributed by atoms with Gasteiger partial charge in [-0.15, -0.1) is 0 Å². The third-order valence-corrected chi connectivity index (χ3v) is 3.44. The molecule has 0 radical (unpaired) electrons. The first-order valence-electron chi connectivity index (χ1n) is 7.25. The summed E-state index contributed by atoms with van der Waals surface area (Å²) in [6.45, 7) is 4.55. The largest absolute Gasteiger partial charge is 0.0813 e. The zero-order valence-corrected chi connectivity index (χ0v) is 11.2. The maximum Gasteiger partial charge on any atom is -0.0245 e. The van der Waals surface area contributed by atoms with Gasteiger partial charge in [0.25, 0.3) is 0 Å². The maximum atomic E-state index is 2.47. The Kier molecular flexibility index (Phi) is 7.29. The van der Waals surface area contributed by atoms with Crippen LogP contribution < -0.4 is 0 Å². The van der Waals surface area contributed by atoms with Crippen molar-refractivity contribution < 1.29 is 0 Å². The number of unbranched alkanes of at least 4 members (excludes halogenated alkanes) is 5. The van der Waals surface area contributed by atoms with Crippen LogP contribution in [-0.2, 0) is 0 Å². The number of allylic oxidation sites excluding steroid dienone is 4. The molecule has 0 saturated carbocycles. The third-order valence-electron chi connectivity index (χ3n) is 3.44. The van der Waals surface area contributed by atoms with Crippen LogP contribution in [0.15, 0.2) is 23.3 Å². The quantitative estimate of drug-likeness (QED) is 0.454. The molecule has 0 aliphatic heterocycles. The molecule has 0 unspecified atom stereocenters. The molecule has 0 saturated heterocycles. The minimum absolute atomic E-state index is 1.29. The summed E-state index contributed by atoms with van der Waals surface area (Å²) in [4.78, 5) is 0. The van der Waals surface area contributed by atoms with Gasteiger partial charge in [0.15, 0.2) is 0 Å². The first-order valence-corrected chi connectivity index (χ1v) is 7.25. The van der Waals surface area contributed by atoms with Gasteiger partial charge in [0.05, 0.1) is 0 Å². The standard InChI is InChI=1S/C16H28/c1-3-5-7-9-11-16-13-12-15(14-16)10-8-6-4-2/h11,14H,3-10,12-13H2,1-2H3/b16-11-. The second-order valence-corrected chi connectivity index (χ2v) is 5.03. The molecule has 0 heterocycles. The van der Waals surface area contributed by atoms with Gasteiger partial charge < -0.3 is 0 Å². The molecule has 0 atom stereocenters. The highest BCUT2D eigenvalue weighted by Crippen LogP contribution is 2.27. The lowest BCUT2D eigenvalue weighted by atomic mass is 10.1. The molecular weight excluding hydrogens is 192 g/mol. The monoisotopic (exact) mass is 220 g/mol. The summed E-state index contributed by atoms with van der Waals surface area (Å²) in [6.07, 6.45) is 18.5. The van der Waals surface area contributed by atoms with E-state index in [4.69, 9.17) is 0 Å². The van der Waals surface area contributed by atoms with E-state index in [9.17, 15) is 0 Å². The normalized spacial score (nSPS) is 18.1. The van der Waals surface area contributed by atoms with Crippen LogP contribution in [0.25, 0.3) is 0 Å². The van der Waals surface area contributed by atoms with Crippen molar-refractivity contribution in [2.45, 2.75) is 78.1 Å². The molecule has 0 fully saturated rings. The second kappa shape index (κ2) is 8.61. The van der Waals surface area contributed by atoms with Crippen molar-refractivity contribution in [2.75, 3.05) is 0 Å². The molecule has 0 heteroatoms. The Morgan fingerprint density at radius 2 is 1.75 bits per heavy atom. The van der Waals surface area contributed by atoms with Crippen LogP contribution in [0.2, 0.25) is 0 Å². The minimum atomic E-state index is 1.29. The van der Waals surface area contributed by atoms with Gasteiger partial charge >= 0.3 is 0 Å². The summed E-state index contributed by atoms with van der Waals surface area (Å²) in [5.74, 6) is 0. The fraction of sp³-hybridized carbons (Fsp3) is 0.750. The van der Waals surface area contributed by atoms with Crippen LogP contribution in [0.4, 0.5) is 0 Å². The molecule has 0 aromatic carbocycles. The Morgan fingerprint density at radius 3 is 2.50 bits per heavy atom. The van der Waals surface area contributed by atoms with Crippen molar-refractivity contribution in [3.63, 3.8) is 0 Å². The summed E-state index contributed by atoms with van der Waals surface area (Å²) in [5, 5.41) is 0. The highest BCUT2D eigenvalue weighted by atomic mass is 14.1. The molecule has 0 spiro atoms. The van der Waals surface area contributed by atoms with Crippen LogP contribution >= 0.6 is 0 Å². The van der Waals surface area contributed by atoms with E-state index >= 15 is 0 Å². The summed E-state index contributed by atoms with van der Waals surface area (Å²) in [7, 11) is 0. The van der Waals surface area contributed by atoms with Crippen LogP contribution in [0.3, 0.4) is 0 Å². The van der Waals surface area contributed by atoms with Crippen molar-refractivity contribution in [1.29, 1.82) is 0 Å². The molecule has 1 rings (SSSR count). The first-order chi connectivity index (χ1) is 7.86. The lowest BCUT2D eigenvalue weighted by Gasteiger charge is -1.98. The average molecular weight is 220 g/mol. The first kappa shape index (κ1) is 13.5. The van der Waals surface area contributed by atoms with E-state index in [0.717, 1.165) is 0 Å². The zero-order chi connectivity index (χ0) is 11.6. The van der Waals surface area contributed by atoms with Gasteiger partial charge in [-0.2, -0.15) is 0 Å². The van der Waals surface area contributed by atoms with E-state index < -0.39 is 0 Å². The average Bonchev–Trinajstić information content (AvgIpc) is 2.73. The van der Waals surface area contributed by atoms with E-state index in [2.05, 4.69) is 26.0 Å². The fourth-order valence-corrected chi connectivity index (χ4v) is 2.35. The number of hydrogen-bond acceptors (Lipinski definition) is 0. The molecule has 92 valence electrons. The molecule has 1 aliphatic carbocycles. The Labute approximate surface area is 102 Å². The Morgan fingerprint density at radius 1 is 1.00 bits per heavy atom. The Bertz CT molecular complexity index is 232. The third kappa shape index (κ3) is 5.53. The minimum Gasteiger partial charge on any atom is -0.0813 e. The fourth-order valence-electron chi connectivity index (χ4n) is 2.35. The van der Waals surface area contributed by atoms with E-state index in [1.807, 2.05) is 0 Å². The number of rotatable bonds is 8. The van der Waals surface area contributed by atoms with Crippen LogP contribution in [0, 0.1) is 0 Å². The molecule has 16 heavy (non-hydrogen) atoms. The molecule has 0 N–H and O–H groups in total. The van der Waals surface area contributed by atoms with Crippen LogP contribution in [0.1, 0.15) is 78.1 Å². The van der Waals surface area contributed by atoms with E-state index in [1.54, 1.807) is 11.1 Å². The lowest BCUT2D eigenvalue weighted by Crippen LogP contribution is -1.78. The molecule has 0 bridgehead atoms. The predicted octanol–water partition coefficient (Wildman–Crippen LogP) is 5.79. The van der Waals surface area contributed by atoms with Gasteiger partial charge in [-0.1, -0.05) is 62.8 Å². The summed E-state index contributed by atoms with van der Waals surface area (Å²) in [6, 6.07) is 0. The topological polar surface area (TPSA) is 0 Å². The summed E-state index contributed by atoms with van der Waals surface area (Å²) in [5.41, 5.74) is 3.32. The van der Waals surface area contributed by atoms with Crippen molar-refractivity contribution >= 4 is 0 Å². The molecule has 0 aromatic rings. The van der Waals surface area contributed by atoms with Gasteiger partial charge in [-0.05, 0) is 38.5 Å². The van der Waals surface area contributed by atoms with E-state index in [1.165, 1.54) is 64.2 Å². The van der Waals surface area contributed by atoms with Gasteiger partial charge in [-0.3, -0.25) is 0 Å². The Balaban J connectivity index is 2.20. The summed E-state index contributed by atoms with van der Waals surface area (Å²) >= 11 is 0. The van der Waals surface area contributed by atoms with E-state index in [0.29, 0.717) is 0 Å². The van der Waals surface area contributed by atoms with Gasteiger partial charge in [-0.25, -0.2) is 0 Å². The highest BCUT2D eigenvalue weighted by molar-refractivity contribution is 5.30. The molecular formula is C16H28. The molecule has 0 amide bonds. The second-order valence-electron chi connectivity index (χ2n) is 5.03. The maximum absolute atomic E-state index is 2.47. The van der Waals surface area contributed by atoms with Crippen molar-refractivity contribution in [3.8, 4) is 0 Å². The summed E-state index contributed by atoms with van der Waals surface area (Å²) < 4.78 is 0. The SMILES string of the molecule is CCCCC/C=C1\C=C(CCCCC)CC1. The van der Waals surface area contributed by atoms with Crippen molar-refractivity contribution in [1.82, 2.24) is 0 Å². The highest BCUT2D eigenvalue weighted by Gasteiger charge is 2.08. The molecule has 1 aliphatic rings. The van der Waals surface area contributed by atoms with Gasteiger partial charge in [0.1, 0.15) is 0 Å². The number of hydrogen-bond donors (Lipinski definition) is 0. The van der Waals surface area contributed by atoms with Crippen LogP contribution in [-0.4, -0.2) is 0 Å². The zero-order valence-electron chi connectivity index (χ0n) is 11.2. The molecule has 0 aromatic heterocycles. The predicted molar refractivity (Wildman–Crippen MR) is 73.7 cm³/mol. The Hall–Kier alpha value is -0.520. The van der Waals surface area contributed by atoms with Gasteiger partial charge in [0.2, 0.25) is 0 Å². The van der Waals surface area contributed by atoms with Crippen molar-refractivity contribution in [2.24, 2.45) is 0 Å². The molecule has 0 nitrogen and oxygen atoms in total. The van der Waals surface area contributed by atoms with Crippen LogP contribution in [0.5, 0.6) is 0 Å². The van der Waals surface area contributed by atoms with E-state index in [-0.39, 0.29) is 0 Å². The lowest BCUT2D eigenvalue weighted by molar-refractivity contribution is 0.702. The van der Waals surface area contributed by atoms with Crippen molar-refractivity contribution in [3.05, 3.63) is 23.3 Å². The van der Waals surface area contributed by atoms with Gasteiger partial charge in [0, 0.05) is 0 Å².